The number of anilines is 3. The zero-order valence-electron chi connectivity index (χ0n) is 19.5. The predicted octanol–water partition coefficient (Wildman–Crippen LogP) is 4.92. The van der Waals surface area contributed by atoms with Crippen molar-refractivity contribution in [1.82, 2.24) is 0 Å². The van der Waals surface area contributed by atoms with Crippen molar-refractivity contribution in [3.8, 4) is 0 Å². The summed E-state index contributed by atoms with van der Waals surface area (Å²) >= 11 is 6.17. The lowest BCUT2D eigenvalue weighted by atomic mass is 10.2. The third-order valence-electron chi connectivity index (χ3n) is 5.87. The number of hydrogen-bond donors (Lipinski definition) is 1. The van der Waals surface area contributed by atoms with Crippen molar-refractivity contribution in [2.24, 2.45) is 0 Å². The number of nitrogens with zero attached hydrogens (tertiary/aromatic N) is 2. The summed E-state index contributed by atoms with van der Waals surface area (Å²) in [5, 5.41) is 3.12. The summed E-state index contributed by atoms with van der Waals surface area (Å²) in [6, 6.07) is 18.3. The van der Waals surface area contributed by atoms with Gasteiger partial charge in [0.05, 0.1) is 10.6 Å². The molecule has 182 valence electrons. The van der Waals surface area contributed by atoms with Crippen LogP contribution in [0.2, 0.25) is 5.02 Å². The molecule has 7 nitrogen and oxygen atoms in total. The normalized spacial score (nSPS) is 13.7. The van der Waals surface area contributed by atoms with Crippen molar-refractivity contribution < 1.29 is 18.0 Å². The van der Waals surface area contributed by atoms with Gasteiger partial charge >= 0.3 is 0 Å². The summed E-state index contributed by atoms with van der Waals surface area (Å²) in [7, 11) is -4.05. The smallest absolute Gasteiger partial charge is 0.264 e. The number of sulfonamides is 1. The van der Waals surface area contributed by atoms with Crippen LogP contribution in [0.5, 0.6) is 0 Å². The Bertz CT molecular complexity index is 1360. The number of halogens is 1. The van der Waals surface area contributed by atoms with E-state index in [0.717, 1.165) is 22.0 Å². The molecule has 2 amide bonds. The van der Waals surface area contributed by atoms with Crippen LogP contribution in [0, 0.1) is 13.8 Å². The van der Waals surface area contributed by atoms with Gasteiger partial charge in [-0.2, -0.15) is 0 Å². The number of amides is 2. The molecular weight excluding hydrogens is 486 g/mol. The third-order valence-corrected chi connectivity index (χ3v) is 7.88. The summed E-state index contributed by atoms with van der Waals surface area (Å²) in [6.07, 6.45) is 1.36. The topological polar surface area (TPSA) is 86.8 Å². The second kappa shape index (κ2) is 10.1. The molecule has 1 N–H and O–H groups in total. The Kier molecular flexibility index (Phi) is 7.14. The maximum absolute atomic E-state index is 13.6. The van der Waals surface area contributed by atoms with E-state index in [2.05, 4.69) is 5.32 Å². The molecule has 0 aromatic heterocycles. The fraction of sp³-hybridized carbons (Fsp3) is 0.231. The van der Waals surface area contributed by atoms with E-state index in [1.807, 2.05) is 6.92 Å². The highest BCUT2D eigenvalue weighted by molar-refractivity contribution is 7.92. The van der Waals surface area contributed by atoms with Crippen molar-refractivity contribution in [2.45, 2.75) is 31.6 Å². The van der Waals surface area contributed by atoms with Crippen LogP contribution in [0.25, 0.3) is 0 Å². The highest BCUT2D eigenvalue weighted by atomic mass is 35.5. The molecule has 0 saturated carbocycles. The SMILES string of the molecule is Cc1ccc(S(=O)(=O)N(CC(=O)Nc2ccc(N3CCCC3=O)cc2)c2cc(Cl)ccc2C)cc1. The van der Waals surface area contributed by atoms with E-state index in [-0.39, 0.29) is 10.8 Å². The zero-order chi connectivity index (χ0) is 25.2. The molecule has 1 aliphatic heterocycles. The first-order chi connectivity index (χ1) is 16.6. The minimum atomic E-state index is -4.05. The van der Waals surface area contributed by atoms with Crippen LogP contribution in [0.3, 0.4) is 0 Å². The molecule has 0 radical (unpaired) electrons. The third kappa shape index (κ3) is 5.49. The predicted molar refractivity (Wildman–Crippen MR) is 139 cm³/mol. The molecular formula is C26H26ClN3O4S. The molecule has 3 aromatic carbocycles. The summed E-state index contributed by atoms with van der Waals surface area (Å²) in [5.74, 6) is -0.430. The molecule has 0 unspecified atom stereocenters. The van der Waals surface area contributed by atoms with Crippen LogP contribution < -0.4 is 14.5 Å². The number of carbonyl (C=O) groups excluding carboxylic acids is 2. The molecule has 4 rings (SSSR count). The lowest BCUT2D eigenvalue weighted by Crippen LogP contribution is -2.38. The van der Waals surface area contributed by atoms with Crippen molar-refractivity contribution in [3.05, 3.63) is 82.9 Å². The summed E-state index contributed by atoms with van der Waals surface area (Å²) in [5.41, 5.74) is 3.18. The molecule has 35 heavy (non-hydrogen) atoms. The van der Waals surface area contributed by atoms with Gasteiger partial charge < -0.3 is 10.2 Å². The van der Waals surface area contributed by atoms with E-state index in [9.17, 15) is 18.0 Å². The van der Waals surface area contributed by atoms with Gasteiger partial charge in [-0.25, -0.2) is 8.42 Å². The summed E-state index contributed by atoms with van der Waals surface area (Å²) in [4.78, 5) is 26.8. The van der Waals surface area contributed by atoms with Gasteiger partial charge in [0.25, 0.3) is 10.0 Å². The standard InChI is InChI=1S/C26H26ClN3O4S/c1-18-5-13-23(14-6-18)35(33,34)30(24-16-20(27)8-7-19(24)2)17-25(31)28-21-9-11-22(12-10-21)29-15-3-4-26(29)32/h5-14,16H,3-4,15,17H2,1-2H3,(H,28,31). The molecule has 1 fully saturated rings. The van der Waals surface area contributed by atoms with E-state index in [1.165, 1.54) is 18.2 Å². The lowest BCUT2D eigenvalue weighted by Gasteiger charge is -2.26. The average molecular weight is 512 g/mol. The number of aryl methyl sites for hydroxylation is 2. The van der Waals surface area contributed by atoms with Gasteiger partial charge in [-0.3, -0.25) is 13.9 Å². The number of rotatable bonds is 7. The van der Waals surface area contributed by atoms with Crippen LogP contribution in [0.4, 0.5) is 17.1 Å². The van der Waals surface area contributed by atoms with Gasteiger partial charge in [0.15, 0.2) is 0 Å². The Balaban J connectivity index is 1.59. The highest BCUT2D eigenvalue weighted by Gasteiger charge is 2.29. The van der Waals surface area contributed by atoms with E-state index >= 15 is 0 Å². The van der Waals surface area contributed by atoms with Crippen molar-refractivity contribution in [1.29, 1.82) is 0 Å². The fourth-order valence-corrected chi connectivity index (χ4v) is 5.61. The van der Waals surface area contributed by atoms with Crippen molar-refractivity contribution in [2.75, 3.05) is 27.6 Å². The molecule has 1 heterocycles. The minimum absolute atomic E-state index is 0.0786. The van der Waals surface area contributed by atoms with Crippen molar-refractivity contribution >= 4 is 50.5 Å². The molecule has 1 aliphatic rings. The minimum Gasteiger partial charge on any atom is -0.325 e. The number of nitrogens with one attached hydrogen (secondary N) is 1. The quantitative estimate of drug-likeness (QED) is 0.488. The fourth-order valence-electron chi connectivity index (χ4n) is 3.97. The van der Waals surface area contributed by atoms with Crippen LogP contribution in [0.1, 0.15) is 24.0 Å². The highest BCUT2D eigenvalue weighted by Crippen LogP contribution is 2.30. The maximum Gasteiger partial charge on any atom is 0.264 e. The Morgan fingerprint density at radius 1 is 1.03 bits per heavy atom. The van der Waals surface area contributed by atoms with E-state index < -0.39 is 22.5 Å². The van der Waals surface area contributed by atoms with E-state index in [4.69, 9.17) is 11.6 Å². The number of carbonyl (C=O) groups is 2. The van der Waals surface area contributed by atoms with Gasteiger partial charge in [0.2, 0.25) is 11.8 Å². The van der Waals surface area contributed by atoms with Gasteiger partial charge in [0, 0.05) is 29.4 Å². The molecule has 0 atom stereocenters. The number of hydrogen-bond acceptors (Lipinski definition) is 4. The van der Waals surface area contributed by atoms with Crippen LogP contribution in [-0.2, 0) is 19.6 Å². The van der Waals surface area contributed by atoms with Gasteiger partial charge in [-0.05, 0) is 74.4 Å². The van der Waals surface area contributed by atoms with Crippen LogP contribution in [-0.4, -0.2) is 33.3 Å². The lowest BCUT2D eigenvalue weighted by molar-refractivity contribution is -0.117. The molecule has 9 heteroatoms. The molecule has 0 aliphatic carbocycles. The largest absolute Gasteiger partial charge is 0.325 e. The second-order valence-electron chi connectivity index (χ2n) is 8.50. The Morgan fingerprint density at radius 3 is 2.34 bits per heavy atom. The molecule has 1 saturated heterocycles. The van der Waals surface area contributed by atoms with Gasteiger partial charge in [-0.15, -0.1) is 0 Å². The number of benzene rings is 3. The monoisotopic (exact) mass is 511 g/mol. The average Bonchev–Trinajstić information content (AvgIpc) is 3.26. The van der Waals surface area contributed by atoms with Gasteiger partial charge in [-0.1, -0.05) is 35.4 Å². The molecule has 3 aromatic rings. The van der Waals surface area contributed by atoms with Crippen molar-refractivity contribution in [3.63, 3.8) is 0 Å². The maximum atomic E-state index is 13.6. The summed E-state index contributed by atoms with van der Waals surface area (Å²) < 4.78 is 28.2. The molecule has 0 bridgehead atoms. The van der Waals surface area contributed by atoms with E-state index in [1.54, 1.807) is 60.4 Å². The second-order valence-corrected chi connectivity index (χ2v) is 10.8. The van der Waals surface area contributed by atoms with Crippen LogP contribution >= 0.6 is 11.6 Å². The first-order valence-electron chi connectivity index (χ1n) is 11.2. The zero-order valence-corrected chi connectivity index (χ0v) is 21.1. The Labute approximate surface area is 210 Å². The first-order valence-corrected chi connectivity index (χ1v) is 13.0. The Hall–Kier alpha value is -3.36. The first kappa shape index (κ1) is 24.8. The van der Waals surface area contributed by atoms with E-state index in [0.29, 0.717) is 34.9 Å². The Morgan fingerprint density at radius 2 is 1.71 bits per heavy atom. The molecule has 0 spiro atoms. The van der Waals surface area contributed by atoms with Gasteiger partial charge in [0.1, 0.15) is 6.54 Å². The van der Waals surface area contributed by atoms with Crippen LogP contribution in [0.15, 0.2) is 71.6 Å². The summed E-state index contributed by atoms with van der Waals surface area (Å²) in [6.45, 7) is 3.87.